The van der Waals surface area contributed by atoms with Gasteiger partial charge in [0.2, 0.25) is 23.6 Å². The molecule has 6 amide bonds. The molecule has 16 nitrogen and oxygen atoms in total. The van der Waals surface area contributed by atoms with E-state index in [4.69, 9.17) is 10.5 Å². The molecule has 3 aromatic rings. The minimum Gasteiger partial charge on any atom is -0.484 e. The largest absolute Gasteiger partial charge is 0.484 e. The Morgan fingerprint density at radius 1 is 0.800 bits per heavy atom. The molecule has 5 rings (SSSR count). The van der Waals surface area contributed by atoms with Crippen molar-refractivity contribution < 1.29 is 38.6 Å². The molecule has 2 fully saturated rings. The molecule has 2 aliphatic rings. The van der Waals surface area contributed by atoms with Crippen LogP contribution in [0, 0.1) is 0 Å². The smallest absolute Gasteiger partial charge is 0.258 e. The van der Waals surface area contributed by atoms with Crippen LogP contribution >= 0.6 is 0 Å². The summed E-state index contributed by atoms with van der Waals surface area (Å²) in [6, 6.07) is 22.2. The second kappa shape index (κ2) is 21.4. The van der Waals surface area contributed by atoms with Crippen molar-refractivity contribution in [3.05, 3.63) is 96.1 Å². The predicted molar refractivity (Wildman–Crippen MR) is 225 cm³/mol. The summed E-state index contributed by atoms with van der Waals surface area (Å²) in [5.74, 6) is -3.37. The van der Waals surface area contributed by atoms with E-state index >= 15 is 0 Å². The topological polar surface area (TPSA) is 216 Å². The number of hydrogen-bond donors (Lipinski definition) is 6. The van der Waals surface area contributed by atoms with Gasteiger partial charge in [-0.05, 0) is 75.4 Å². The lowest BCUT2D eigenvalue weighted by atomic mass is 9.99. The number of benzene rings is 3. The van der Waals surface area contributed by atoms with E-state index in [0.717, 1.165) is 32.7 Å². The quantitative estimate of drug-likeness (QED) is 0.108. The van der Waals surface area contributed by atoms with Gasteiger partial charge in [-0.15, -0.1) is 0 Å². The van der Waals surface area contributed by atoms with Crippen LogP contribution in [0.25, 0.3) is 0 Å². The Balaban J connectivity index is 1.12. The number of nitrogens with two attached hydrogens (primary N) is 1. The number of amides is 6. The molecule has 0 radical (unpaired) electrons. The van der Waals surface area contributed by atoms with Crippen molar-refractivity contribution in [2.45, 2.75) is 82.8 Å². The van der Waals surface area contributed by atoms with Gasteiger partial charge in [-0.25, -0.2) is 0 Å². The number of nitrogens with one attached hydrogen (secondary N) is 4. The molecule has 2 saturated heterocycles. The summed E-state index contributed by atoms with van der Waals surface area (Å²) in [7, 11) is 0. The molecule has 0 aromatic heterocycles. The van der Waals surface area contributed by atoms with Crippen LogP contribution < -0.4 is 31.7 Å². The number of aliphatic hydroxyl groups excluding tert-OH is 1. The van der Waals surface area contributed by atoms with Crippen molar-refractivity contribution >= 4 is 41.1 Å². The van der Waals surface area contributed by atoms with Gasteiger partial charge in [0.1, 0.15) is 17.8 Å². The molecule has 7 N–H and O–H groups in total. The van der Waals surface area contributed by atoms with Crippen LogP contribution in [0.15, 0.2) is 84.9 Å². The Morgan fingerprint density at radius 2 is 1.42 bits per heavy atom. The maximum Gasteiger partial charge on any atom is 0.258 e. The summed E-state index contributed by atoms with van der Waals surface area (Å²) in [5, 5.41) is 22.4. The average molecular weight is 827 g/mol. The van der Waals surface area contributed by atoms with Crippen molar-refractivity contribution in [3.8, 4) is 5.75 Å². The van der Waals surface area contributed by atoms with Crippen LogP contribution in [-0.4, -0.2) is 131 Å². The Labute approximate surface area is 351 Å². The standard InChI is InChI=1S/C44H58N8O8/c1-44(2,3)49-42(58)36-15-10-20-52(36)43(59)40(56)34(25-30-11-6-4-7-12-30)48-41(57)35(26-37(45)53)47-39(55)29-60-33-18-16-32(17-19-33)46-38(54)28-51-23-21-50(22-24-51)27-31-13-8-5-9-14-31/h4-9,11-14,16-19,34-36,40,56H,10,15,20-29H2,1-3H3,(H2,45,53)(H,46,54)(H,47,55)(H,48,57)(H,49,58)/t34-,35-,36-,40-/m0/s1. The Kier molecular flexibility index (Phi) is 16.2. The Morgan fingerprint density at radius 3 is 2.03 bits per heavy atom. The van der Waals surface area contributed by atoms with Crippen LogP contribution in [-0.2, 0) is 41.7 Å². The van der Waals surface area contributed by atoms with E-state index in [1.54, 1.807) is 54.6 Å². The Hall–Kier alpha value is -5.84. The number of ether oxygens (including phenoxy) is 1. The second-order valence-electron chi connectivity index (χ2n) is 16.4. The number of rotatable bonds is 18. The van der Waals surface area contributed by atoms with Crippen molar-refractivity contribution in [2.24, 2.45) is 5.73 Å². The summed E-state index contributed by atoms with van der Waals surface area (Å²) in [6.45, 7) is 9.66. The third-order valence-electron chi connectivity index (χ3n) is 10.2. The number of carbonyl (C=O) groups excluding carboxylic acids is 6. The highest BCUT2D eigenvalue weighted by Crippen LogP contribution is 2.22. The number of likely N-dealkylation sites (tertiary alicyclic amines) is 1. The number of carbonyl (C=O) groups is 6. The highest BCUT2D eigenvalue weighted by atomic mass is 16.5. The highest BCUT2D eigenvalue weighted by molar-refractivity contribution is 5.94. The summed E-state index contributed by atoms with van der Waals surface area (Å²) in [6.07, 6.45) is -1.34. The van der Waals surface area contributed by atoms with E-state index in [1.165, 1.54) is 10.5 Å². The zero-order chi connectivity index (χ0) is 43.2. The zero-order valence-corrected chi connectivity index (χ0v) is 34.6. The fraction of sp³-hybridized carbons (Fsp3) is 0.455. The average Bonchev–Trinajstić information content (AvgIpc) is 3.71. The predicted octanol–water partition coefficient (Wildman–Crippen LogP) is 1.18. The van der Waals surface area contributed by atoms with E-state index in [2.05, 4.69) is 43.2 Å². The van der Waals surface area contributed by atoms with Gasteiger partial charge in [-0.1, -0.05) is 60.7 Å². The first kappa shape index (κ1) is 45.2. The van der Waals surface area contributed by atoms with Crippen molar-refractivity contribution in [2.75, 3.05) is 51.2 Å². The van der Waals surface area contributed by atoms with Gasteiger partial charge in [0.15, 0.2) is 12.7 Å². The van der Waals surface area contributed by atoms with Crippen LogP contribution in [0.2, 0.25) is 0 Å². The first-order valence-corrected chi connectivity index (χ1v) is 20.4. The van der Waals surface area contributed by atoms with Gasteiger partial charge in [0.05, 0.1) is 19.0 Å². The minimum atomic E-state index is -1.76. The van der Waals surface area contributed by atoms with Crippen molar-refractivity contribution in [3.63, 3.8) is 0 Å². The van der Waals surface area contributed by atoms with Crippen molar-refractivity contribution in [1.82, 2.24) is 30.7 Å². The number of piperazine rings is 1. The minimum absolute atomic E-state index is 0.0230. The number of hydrogen-bond acceptors (Lipinski definition) is 10. The van der Waals surface area contributed by atoms with Gasteiger partial charge in [0.25, 0.3) is 11.8 Å². The summed E-state index contributed by atoms with van der Waals surface area (Å²) >= 11 is 0. The molecule has 16 heteroatoms. The van der Waals surface area contributed by atoms with Gasteiger partial charge >= 0.3 is 0 Å². The maximum atomic E-state index is 13.8. The van der Waals surface area contributed by atoms with Crippen molar-refractivity contribution in [1.29, 1.82) is 0 Å². The summed E-state index contributed by atoms with van der Waals surface area (Å²) in [5.41, 5.74) is 7.43. The van der Waals surface area contributed by atoms with E-state index in [9.17, 15) is 33.9 Å². The van der Waals surface area contributed by atoms with E-state index in [0.29, 0.717) is 29.8 Å². The molecule has 0 unspecified atom stereocenters. The normalized spacial score (nSPS) is 17.5. The summed E-state index contributed by atoms with van der Waals surface area (Å²) in [4.78, 5) is 84.2. The molecule has 2 aliphatic heterocycles. The lowest BCUT2D eigenvalue weighted by molar-refractivity contribution is -0.147. The third kappa shape index (κ3) is 14.2. The third-order valence-corrected chi connectivity index (χ3v) is 10.2. The number of anilines is 1. The molecule has 0 spiro atoms. The fourth-order valence-corrected chi connectivity index (χ4v) is 7.27. The molecule has 2 heterocycles. The molecule has 4 atom stereocenters. The van der Waals surface area contributed by atoms with Gasteiger partial charge in [0, 0.05) is 50.5 Å². The molecule has 3 aromatic carbocycles. The van der Waals surface area contributed by atoms with E-state index in [-0.39, 0.29) is 31.3 Å². The molecule has 0 aliphatic carbocycles. The van der Waals surface area contributed by atoms with Crippen LogP contribution in [0.4, 0.5) is 5.69 Å². The highest BCUT2D eigenvalue weighted by Gasteiger charge is 2.41. The Bertz CT molecular complexity index is 1920. The summed E-state index contributed by atoms with van der Waals surface area (Å²) < 4.78 is 5.63. The van der Waals surface area contributed by atoms with Crippen LogP contribution in [0.1, 0.15) is 51.2 Å². The molecule has 322 valence electrons. The molecular formula is C44H58N8O8. The zero-order valence-electron chi connectivity index (χ0n) is 34.6. The van der Waals surface area contributed by atoms with Gasteiger partial charge in [-0.3, -0.25) is 38.6 Å². The van der Waals surface area contributed by atoms with E-state index in [1.807, 2.05) is 39.0 Å². The fourth-order valence-electron chi connectivity index (χ4n) is 7.27. The number of aliphatic hydroxyl groups is 1. The van der Waals surface area contributed by atoms with Crippen LogP contribution in [0.3, 0.4) is 0 Å². The lowest BCUT2D eigenvalue weighted by Gasteiger charge is -2.34. The molecular weight excluding hydrogens is 769 g/mol. The lowest BCUT2D eigenvalue weighted by Crippen LogP contribution is -2.59. The molecule has 0 saturated carbocycles. The van der Waals surface area contributed by atoms with E-state index < -0.39 is 66.4 Å². The maximum absolute atomic E-state index is 13.8. The van der Waals surface area contributed by atoms with Crippen LogP contribution in [0.5, 0.6) is 5.75 Å². The SMILES string of the molecule is CC(C)(C)NC(=O)[C@@H]1CCCN1C(=O)[C@@H](O)[C@H](Cc1ccccc1)NC(=O)[C@H](CC(N)=O)NC(=O)COc1ccc(NC(=O)CN2CCN(Cc3ccccc3)CC2)cc1. The molecule has 0 bridgehead atoms. The first-order valence-electron chi connectivity index (χ1n) is 20.4. The molecule has 60 heavy (non-hydrogen) atoms. The van der Waals surface area contributed by atoms with Gasteiger partial charge < -0.3 is 41.7 Å². The number of nitrogens with zero attached hydrogens (tertiary/aromatic N) is 3. The first-order chi connectivity index (χ1) is 28.6. The van der Waals surface area contributed by atoms with Gasteiger partial charge in [-0.2, -0.15) is 0 Å². The monoisotopic (exact) mass is 826 g/mol. The number of primary amides is 1. The second-order valence-corrected chi connectivity index (χ2v) is 16.4.